The first-order chi connectivity index (χ1) is 14.2. The molecule has 0 aliphatic carbocycles. The van der Waals surface area contributed by atoms with Crippen molar-refractivity contribution in [3.05, 3.63) is 64.8 Å². The van der Waals surface area contributed by atoms with Crippen molar-refractivity contribution in [3.8, 4) is 11.9 Å². The number of nitrogens with one attached hydrogen (secondary N) is 1. The normalized spacial score (nSPS) is 14.3. The predicted molar refractivity (Wildman–Crippen MR) is 113 cm³/mol. The number of hydrogen-bond acceptors (Lipinski definition) is 5. The molecule has 3 rings (SSSR count). The molecule has 0 spiro atoms. The zero-order chi connectivity index (χ0) is 23.1. The third-order valence-electron chi connectivity index (χ3n) is 3.98. The molecule has 2 heterocycles. The van der Waals surface area contributed by atoms with Crippen molar-refractivity contribution in [1.82, 2.24) is 25.1 Å². The van der Waals surface area contributed by atoms with Crippen LogP contribution < -0.4 is 5.32 Å². The highest BCUT2D eigenvalue weighted by Crippen LogP contribution is 3.02. The van der Waals surface area contributed by atoms with Crippen molar-refractivity contribution in [2.45, 2.75) is 17.9 Å². The van der Waals surface area contributed by atoms with E-state index in [0.29, 0.717) is 5.56 Å². The highest BCUT2D eigenvalue weighted by Gasteiger charge is 2.65. The maximum absolute atomic E-state index is 13.1. The van der Waals surface area contributed by atoms with Gasteiger partial charge in [-0.3, -0.25) is 4.79 Å². The van der Waals surface area contributed by atoms with E-state index in [4.69, 9.17) is 16.9 Å². The number of halogens is 6. The van der Waals surface area contributed by atoms with Gasteiger partial charge < -0.3 is 5.32 Å². The van der Waals surface area contributed by atoms with E-state index in [9.17, 15) is 24.2 Å². The minimum Gasteiger partial charge on any atom is -0.342 e. The first-order valence-electron chi connectivity index (χ1n) is 8.30. The van der Waals surface area contributed by atoms with Crippen molar-refractivity contribution in [2.24, 2.45) is 0 Å². The van der Waals surface area contributed by atoms with Gasteiger partial charge >= 0.3 is 10.2 Å². The smallest absolute Gasteiger partial charge is 0.310 e. The zero-order valence-electron chi connectivity index (χ0n) is 15.9. The van der Waals surface area contributed by atoms with Crippen LogP contribution >= 0.6 is 35.3 Å². The van der Waals surface area contributed by atoms with Crippen LogP contribution in [0, 0.1) is 11.3 Å². The molecule has 0 saturated carbocycles. The van der Waals surface area contributed by atoms with Gasteiger partial charge in [-0.1, -0.05) is 31.0 Å². The second-order valence-corrected chi connectivity index (χ2v) is 9.23. The fraction of sp³-hybridized carbons (Fsp3) is 0.118. The second-order valence-electron chi connectivity index (χ2n) is 6.39. The molecular weight excluding hydrogens is 499 g/mol. The summed E-state index contributed by atoms with van der Waals surface area (Å²) in [6, 6.07) is 4.89. The maximum atomic E-state index is 13.1. The van der Waals surface area contributed by atoms with Crippen LogP contribution in [0.5, 0.6) is 0 Å². The standard InChI is InChI=1S/C17H12ClF5N6OS.H2S/c1-10(16-26-9-27-29(16)15-3-2-11(7-24)8-25-15)28-17(30)12-4-13(18)6-14(5-12)31(19,20,21,22)23;/h2-6,8-10H,1H3,(H,28,30);1H2/t10-;/m0./s1. The van der Waals surface area contributed by atoms with Gasteiger partial charge in [-0.15, -0.1) is 0 Å². The first-order valence-corrected chi connectivity index (χ1v) is 10.6. The number of benzene rings is 1. The van der Waals surface area contributed by atoms with Gasteiger partial charge in [0.15, 0.2) is 11.6 Å². The van der Waals surface area contributed by atoms with Gasteiger partial charge in [0.05, 0.1) is 11.6 Å². The van der Waals surface area contributed by atoms with E-state index in [2.05, 4.69) is 20.4 Å². The fourth-order valence-corrected chi connectivity index (χ4v) is 3.56. The molecule has 1 atom stereocenters. The van der Waals surface area contributed by atoms with Gasteiger partial charge in [0.1, 0.15) is 17.3 Å². The molecule has 1 aromatic carbocycles. The molecular formula is C17H14ClF5N6OS2. The Labute approximate surface area is 190 Å². The van der Waals surface area contributed by atoms with E-state index in [1.54, 1.807) is 0 Å². The SMILES string of the molecule is C[C@H](NC(=O)c1cc(Cl)cc(S(F)(F)(F)(F)F)c1)c1ncnn1-c1ccc(C#N)cn1.S. The lowest BCUT2D eigenvalue weighted by molar-refractivity contribution is 0.0937. The van der Waals surface area contributed by atoms with E-state index in [1.807, 2.05) is 6.07 Å². The lowest BCUT2D eigenvalue weighted by Crippen LogP contribution is -2.29. The number of hydrogen-bond donors (Lipinski definition) is 1. The summed E-state index contributed by atoms with van der Waals surface area (Å²) in [7, 11) is -10.0. The Morgan fingerprint density at radius 1 is 1.19 bits per heavy atom. The highest BCUT2D eigenvalue weighted by atomic mass is 35.5. The molecule has 0 unspecified atom stereocenters. The van der Waals surface area contributed by atoms with E-state index < -0.39 is 37.7 Å². The molecule has 32 heavy (non-hydrogen) atoms. The number of carbonyl (C=O) groups is 1. The quantitative estimate of drug-likeness (QED) is 0.459. The molecule has 0 radical (unpaired) electrons. The Bertz CT molecular complexity index is 1210. The van der Waals surface area contributed by atoms with Crippen molar-refractivity contribution in [3.63, 3.8) is 0 Å². The lowest BCUT2D eigenvalue weighted by atomic mass is 10.2. The minimum atomic E-state index is -10.0. The van der Waals surface area contributed by atoms with E-state index in [1.165, 1.54) is 29.9 Å². The molecule has 0 aliphatic heterocycles. The molecule has 0 aliphatic rings. The van der Waals surface area contributed by atoms with Gasteiger partial charge in [0.25, 0.3) is 5.91 Å². The van der Waals surface area contributed by atoms with Crippen molar-refractivity contribution in [2.75, 3.05) is 0 Å². The molecule has 2 aromatic heterocycles. The minimum absolute atomic E-state index is 0. The van der Waals surface area contributed by atoms with Crippen LogP contribution in [-0.4, -0.2) is 25.7 Å². The van der Waals surface area contributed by atoms with Gasteiger partial charge in [0, 0.05) is 16.8 Å². The van der Waals surface area contributed by atoms with Crippen LogP contribution in [0.1, 0.15) is 34.7 Å². The van der Waals surface area contributed by atoms with Gasteiger partial charge in [-0.25, -0.2) is 9.97 Å². The Morgan fingerprint density at radius 2 is 1.88 bits per heavy atom. The van der Waals surface area contributed by atoms with Crippen LogP contribution in [0.25, 0.3) is 5.82 Å². The van der Waals surface area contributed by atoms with Crippen LogP contribution in [0.4, 0.5) is 19.4 Å². The summed E-state index contributed by atoms with van der Waals surface area (Å²) >= 11 is 5.54. The average molecular weight is 513 g/mol. The number of nitrogens with zero attached hydrogens (tertiary/aromatic N) is 5. The molecule has 1 amide bonds. The summed E-state index contributed by atoms with van der Waals surface area (Å²) in [6.45, 7) is 1.46. The van der Waals surface area contributed by atoms with Gasteiger partial charge in [-0.05, 0) is 37.3 Å². The van der Waals surface area contributed by atoms with Crippen LogP contribution in [0.2, 0.25) is 5.02 Å². The van der Waals surface area contributed by atoms with Crippen molar-refractivity contribution >= 4 is 41.2 Å². The zero-order valence-corrected chi connectivity index (χ0v) is 18.5. The van der Waals surface area contributed by atoms with Crippen LogP contribution in [-0.2, 0) is 0 Å². The maximum Gasteiger partial charge on any atom is 0.310 e. The highest BCUT2D eigenvalue weighted by molar-refractivity contribution is 8.45. The molecule has 0 saturated heterocycles. The molecule has 7 nitrogen and oxygen atoms in total. The average Bonchev–Trinajstić information content (AvgIpc) is 3.15. The summed E-state index contributed by atoms with van der Waals surface area (Å²) in [6.07, 6.45) is 2.45. The fourth-order valence-electron chi connectivity index (χ4n) is 2.56. The second kappa shape index (κ2) is 7.91. The van der Waals surface area contributed by atoms with E-state index in [0.717, 1.165) is 12.4 Å². The van der Waals surface area contributed by atoms with E-state index in [-0.39, 0.29) is 37.3 Å². The van der Waals surface area contributed by atoms with Crippen LogP contribution in [0.3, 0.4) is 0 Å². The van der Waals surface area contributed by atoms with Gasteiger partial charge in [0.2, 0.25) is 0 Å². The number of pyridine rings is 1. The first kappa shape index (κ1) is 25.4. The molecule has 172 valence electrons. The van der Waals surface area contributed by atoms with E-state index >= 15 is 0 Å². The number of rotatable bonds is 5. The third-order valence-corrected chi connectivity index (χ3v) is 5.33. The Hall–Kier alpha value is -2.89. The monoisotopic (exact) mass is 512 g/mol. The number of nitriles is 1. The Kier molecular flexibility index (Phi) is 6.27. The summed E-state index contributed by atoms with van der Waals surface area (Å²) < 4.78 is 66.8. The number of aromatic nitrogens is 4. The summed E-state index contributed by atoms with van der Waals surface area (Å²) in [5, 5.41) is 14.5. The number of carbonyl (C=O) groups excluding carboxylic acids is 1. The lowest BCUT2D eigenvalue weighted by Gasteiger charge is -2.40. The Balaban J connectivity index is 0.00000363. The van der Waals surface area contributed by atoms with Crippen molar-refractivity contribution < 1.29 is 24.2 Å². The summed E-state index contributed by atoms with van der Waals surface area (Å²) in [4.78, 5) is 18.2. The molecule has 0 fully saturated rings. The molecule has 15 heteroatoms. The third kappa shape index (κ3) is 5.67. The Morgan fingerprint density at radius 3 is 2.44 bits per heavy atom. The summed E-state index contributed by atoms with van der Waals surface area (Å²) in [5.41, 5.74) is -0.405. The predicted octanol–water partition coefficient (Wildman–Crippen LogP) is 5.45. The largest absolute Gasteiger partial charge is 0.342 e. The topological polar surface area (TPSA) is 96.5 Å². The number of amides is 1. The summed E-state index contributed by atoms with van der Waals surface area (Å²) in [5.74, 6) is -0.667. The van der Waals surface area contributed by atoms with Crippen molar-refractivity contribution in [1.29, 1.82) is 5.26 Å². The van der Waals surface area contributed by atoms with Crippen LogP contribution in [0.15, 0.2) is 47.8 Å². The molecule has 0 bridgehead atoms. The van der Waals surface area contributed by atoms with Gasteiger partial charge in [-0.2, -0.15) is 28.5 Å². The molecule has 1 N–H and O–H groups in total. The molecule has 3 aromatic rings.